The van der Waals surface area contributed by atoms with Gasteiger partial charge in [-0.2, -0.15) is 0 Å². The summed E-state index contributed by atoms with van der Waals surface area (Å²) in [4.78, 5) is 12.4. The van der Waals surface area contributed by atoms with Crippen LogP contribution >= 0.6 is 23.2 Å². The molecule has 0 fully saturated rings. The molecule has 1 heterocycles. The summed E-state index contributed by atoms with van der Waals surface area (Å²) in [6.07, 6.45) is 2.39. The van der Waals surface area contributed by atoms with Crippen molar-refractivity contribution < 1.29 is 13.2 Å². The first-order valence-electron chi connectivity index (χ1n) is 8.50. The molecule has 2 aromatic rings. The second-order valence-corrected chi connectivity index (χ2v) is 9.47. The van der Waals surface area contributed by atoms with Gasteiger partial charge in [-0.1, -0.05) is 23.2 Å². The maximum absolute atomic E-state index is 12.4. The van der Waals surface area contributed by atoms with E-state index in [1.807, 2.05) is 19.1 Å². The number of carbonyl (C=O) groups is 1. The minimum Gasteiger partial charge on any atom is -0.352 e. The van der Waals surface area contributed by atoms with Crippen molar-refractivity contribution >= 4 is 44.8 Å². The fraction of sp³-hybridized carbons (Fsp3) is 0.316. The van der Waals surface area contributed by atoms with E-state index in [1.54, 1.807) is 24.3 Å². The minimum absolute atomic E-state index is 0.152. The molecule has 0 spiro atoms. The second-order valence-electron chi connectivity index (χ2n) is 6.74. The lowest BCUT2D eigenvalue weighted by atomic mass is 10.1. The van der Waals surface area contributed by atoms with E-state index >= 15 is 0 Å². The van der Waals surface area contributed by atoms with E-state index in [4.69, 9.17) is 23.2 Å². The molecule has 1 aliphatic rings. The number of anilines is 1. The van der Waals surface area contributed by atoms with Crippen LogP contribution in [0.5, 0.6) is 0 Å². The van der Waals surface area contributed by atoms with Crippen LogP contribution in [0.3, 0.4) is 0 Å². The van der Waals surface area contributed by atoms with E-state index < -0.39 is 10.0 Å². The lowest BCUT2D eigenvalue weighted by Crippen LogP contribution is -2.34. The highest BCUT2D eigenvalue weighted by molar-refractivity contribution is 7.92. The molecule has 3 rings (SSSR count). The van der Waals surface area contributed by atoms with Crippen LogP contribution in [0.4, 0.5) is 5.69 Å². The second kappa shape index (κ2) is 7.70. The van der Waals surface area contributed by atoms with Gasteiger partial charge in [0.2, 0.25) is 10.0 Å². The molecule has 1 unspecified atom stereocenters. The predicted molar refractivity (Wildman–Crippen MR) is 109 cm³/mol. The van der Waals surface area contributed by atoms with Gasteiger partial charge in [-0.25, -0.2) is 8.42 Å². The van der Waals surface area contributed by atoms with E-state index in [-0.39, 0.29) is 11.9 Å². The van der Waals surface area contributed by atoms with E-state index in [0.717, 1.165) is 11.1 Å². The third-order valence-corrected chi connectivity index (χ3v) is 6.18. The number of carbonyl (C=O) groups excluding carboxylic acids is 1. The van der Waals surface area contributed by atoms with E-state index in [0.29, 0.717) is 40.7 Å². The van der Waals surface area contributed by atoms with Crippen LogP contribution in [0.15, 0.2) is 36.4 Å². The topological polar surface area (TPSA) is 66.5 Å². The molecule has 0 bridgehead atoms. The van der Waals surface area contributed by atoms with Gasteiger partial charge in [-0.05, 0) is 67.3 Å². The van der Waals surface area contributed by atoms with Crippen LogP contribution in [0.25, 0.3) is 0 Å². The van der Waals surface area contributed by atoms with Crippen molar-refractivity contribution in [2.75, 3.05) is 17.1 Å². The van der Waals surface area contributed by atoms with Gasteiger partial charge >= 0.3 is 0 Å². The highest BCUT2D eigenvalue weighted by Crippen LogP contribution is 2.34. The van der Waals surface area contributed by atoms with Crippen LogP contribution in [0.1, 0.15) is 28.4 Å². The highest BCUT2D eigenvalue weighted by Gasteiger charge is 2.32. The number of benzene rings is 2. The molecule has 27 heavy (non-hydrogen) atoms. The third kappa shape index (κ3) is 4.57. The molecule has 0 aromatic heterocycles. The van der Waals surface area contributed by atoms with Gasteiger partial charge in [-0.3, -0.25) is 9.10 Å². The number of sulfonamides is 1. The standard InChI is InChI=1S/C19H20Cl2N2O3S/c1-12-7-15-10-14(3-4-18(15)23(12)27(2,25)26)19(24)22-6-5-13-8-16(20)11-17(21)9-13/h3-4,8-12H,5-7H2,1-2H3,(H,22,24). The summed E-state index contributed by atoms with van der Waals surface area (Å²) in [5.41, 5.74) is 2.97. The monoisotopic (exact) mass is 426 g/mol. The number of hydrogen-bond acceptors (Lipinski definition) is 3. The van der Waals surface area contributed by atoms with Gasteiger partial charge in [0.15, 0.2) is 0 Å². The van der Waals surface area contributed by atoms with E-state index in [9.17, 15) is 13.2 Å². The number of amides is 1. The lowest BCUT2D eigenvalue weighted by molar-refractivity contribution is 0.0954. The summed E-state index contributed by atoms with van der Waals surface area (Å²) in [6, 6.07) is 10.3. The molecule has 0 aliphatic carbocycles. The zero-order chi connectivity index (χ0) is 19.8. The maximum atomic E-state index is 12.4. The normalized spacial score (nSPS) is 16.3. The van der Waals surface area contributed by atoms with Crippen molar-refractivity contribution in [3.8, 4) is 0 Å². The van der Waals surface area contributed by atoms with Crippen molar-refractivity contribution in [1.82, 2.24) is 5.32 Å². The molecule has 1 aliphatic heterocycles. The van der Waals surface area contributed by atoms with Gasteiger partial charge in [0, 0.05) is 28.2 Å². The Balaban J connectivity index is 1.67. The van der Waals surface area contributed by atoms with E-state index in [2.05, 4.69) is 5.32 Å². The van der Waals surface area contributed by atoms with Crippen molar-refractivity contribution in [2.45, 2.75) is 25.8 Å². The van der Waals surface area contributed by atoms with Gasteiger partial charge in [0.25, 0.3) is 5.91 Å². The lowest BCUT2D eigenvalue weighted by Gasteiger charge is -2.21. The average molecular weight is 427 g/mol. The largest absolute Gasteiger partial charge is 0.352 e. The number of nitrogens with one attached hydrogen (secondary N) is 1. The van der Waals surface area contributed by atoms with Crippen molar-refractivity contribution in [3.05, 3.63) is 63.1 Å². The molecular formula is C19H20Cl2N2O3S. The molecule has 1 amide bonds. The zero-order valence-corrected chi connectivity index (χ0v) is 17.3. The van der Waals surface area contributed by atoms with Crippen molar-refractivity contribution in [2.24, 2.45) is 0 Å². The Labute approximate surface area is 169 Å². The summed E-state index contributed by atoms with van der Waals surface area (Å²) in [6.45, 7) is 2.30. The highest BCUT2D eigenvalue weighted by atomic mass is 35.5. The predicted octanol–water partition coefficient (Wildman–Crippen LogP) is 3.68. The maximum Gasteiger partial charge on any atom is 0.251 e. The number of rotatable bonds is 5. The Morgan fingerprint density at radius 1 is 1.19 bits per heavy atom. The third-order valence-electron chi connectivity index (χ3n) is 4.47. The van der Waals surface area contributed by atoms with Crippen molar-refractivity contribution in [3.63, 3.8) is 0 Å². The van der Waals surface area contributed by atoms with Gasteiger partial charge < -0.3 is 5.32 Å². The summed E-state index contributed by atoms with van der Waals surface area (Å²) >= 11 is 12.0. The first-order valence-corrected chi connectivity index (χ1v) is 11.1. The number of nitrogens with zero attached hydrogens (tertiary/aromatic N) is 1. The smallest absolute Gasteiger partial charge is 0.251 e. The molecule has 1 atom stereocenters. The van der Waals surface area contributed by atoms with Gasteiger partial charge in [-0.15, -0.1) is 0 Å². The number of hydrogen-bond donors (Lipinski definition) is 1. The SMILES string of the molecule is CC1Cc2cc(C(=O)NCCc3cc(Cl)cc(Cl)c3)ccc2N1S(C)(=O)=O. The van der Waals surface area contributed by atoms with Crippen LogP contribution in [-0.4, -0.2) is 33.2 Å². The fourth-order valence-corrected chi connectivity index (χ4v) is 5.26. The van der Waals surface area contributed by atoms with Crippen LogP contribution in [-0.2, 0) is 22.9 Å². The number of fused-ring (bicyclic) bond motifs is 1. The molecule has 8 heteroatoms. The number of halogens is 2. The Bertz CT molecular complexity index is 972. The fourth-order valence-electron chi connectivity index (χ4n) is 3.43. The minimum atomic E-state index is -3.34. The summed E-state index contributed by atoms with van der Waals surface area (Å²) in [7, 11) is -3.34. The van der Waals surface area contributed by atoms with E-state index in [1.165, 1.54) is 10.6 Å². The Morgan fingerprint density at radius 3 is 2.48 bits per heavy atom. The molecule has 0 saturated carbocycles. The Kier molecular flexibility index (Phi) is 5.70. The van der Waals surface area contributed by atoms with Crippen LogP contribution in [0.2, 0.25) is 10.0 Å². The Morgan fingerprint density at radius 2 is 1.85 bits per heavy atom. The van der Waals surface area contributed by atoms with Crippen LogP contribution < -0.4 is 9.62 Å². The molecular weight excluding hydrogens is 407 g/mol. The average Bonchev–Trinajstić information content (AvgIpc) is 2.88. The first-order chi connectivity index (χ1) is 12.6. The molecule has 5 nitrogen and oxygen atoms in total. The Hall–Kier alpha value is -1.76. The quantitative estimate of drug-likeness (QED) is 0.792. The van der Waals surface area contributed by atoms with Crippen molar-refractivity contribution in [1.29, 1.82) is 0 Å². The molecule has 1 N–H and O–H groups in total. The summed E-state index contributed by atoms with van der Waals surface area (Å²) in [5, 5.41) is 4.00. The van der Waals surface area contributed by atoms with Gasteiger partial charge in [0.1, 0.15) is 0 Å². The first kappa shape index (κ1) is 20.0. The molecule has 0 radical (unpaired) electrons. The zero-order valence-electron chi connectivity index (χ0n) is 15.0. The summed E-state index contributed by atoms with van der Waals surface area (Å²) < 4.78 is 25.4. The molecule has 144 valence electrons. The van der Waals surface area contributed by atoms with Crippen LogP contribution in [0, 0.1) is 0 Å². The molecule has 2 aromatic carbocycles. The summed E-state index contributed by atoms with van der Waals surface area (Å²) in [5.74, 6) is -0.198. The molecule has 0 saturated heterocycles. The van der Waals surface area contributed by atoms with Gasteiger partial charge in [0.05, 0.1) is 11.9 Å².